The van der Waals surface area contributed by atoms with E-state index in [1.54, 1.807) is 36.4 Å². The fourth-order valence-electron chi connectivity index (χ4n) is 1.63. The first-order valence-corrected chi connectivity index (χ1v) is 8.34. The number of nitrogens with one attached hydrogen (secondary N) is 1. The van der Waals surface area contributed by atoms with E-state index in [1.165, 1.54) is 6.08 Å². The quantitative estimate of drug-likeness (QED) is 0.296. The number of carbonyl (C=O) groups excluding carboxylic acids is 1. The zero-order chi connectivity index (χ0) is 20.8. The highest BCUT2D eigenvalue weighted by Gasteiger charge is 2.36. The molecule has 1 aromatic carbocycles. The molecule has 0 aliphatic heterocycles. The van der Waals surface area contributed by atoms with Crippen molar-refractivity contribution in [1.82, 2.24) is 5.32 Å². The molecule has 1 aromatic rings. The Morgan fingerprint density at radius 2 is 1.67 bits per heavy atom. The molecule has 4 N–H and O–H groups in total. The molecule has 7 heteroatoms. The van der Waals surface area contributed by atoms with E-state index >= 15 is 0 Å². The van der Waals surface area contributed by atoms with Gasteiger partial charge in [-0.25, -0.2) is 4.79 Å². The van der Waals surface area contributed by atoms with Gasteiger partial charge in [0.15, 0.2) is 5.66 Å². The van der Waals surface area contributed by atoms with E-state index in [0.717, 1.165) is 6.42 Å². The second kappa shape index (κ2) is 15.0. The normalized spacial score (nSPS) is 11.6. The van der Waals surface area contributed by atoms with Gasteiger partial charge in [0.2, 0.25) is 5.91 Å². The number of rotatable bonds is 6. The summed E-state index contributed by atoms with van der Waals surface area (Å²) in [5.74, 6) is -0.993. The molecule has 0 fully saturated rings. The molecular formula is C20H35ClN3O3+. The Kier molecular flexibility index (Phi) is 16.4. The number of hydrogen-bond acceptors (Lipinski definition) is 3. The molecule has 1 unspecified atom stereocenters. The van der Waals surface area contributed by atoms with Gasteiger partial charge in [-0.2, -0.15) is 0 Å². The van der Waals surface area contributed by atoms with Gasteiger partial charge in [-0.1, -0.05) is 37.8 Å². The summed E-state index contributed by atoms with van der Waals surface area (Å²) in [5, 5.41) is 11.3. The lowest BCUT2D eigenvalue weighted by molar-refractivity contribution is -0.924. The van der Waals surface area contributed by atoms with Crippen molar-refractivity contribution in [3.63, 3.8) is 0 Å². The van der Waals surface area contributed by atoms with Gasteiger partial charge in [-0.05, 0) is 18.2 Å². The SMILES string of the molecule is C=CC(=O)NC(C)(CC)[N+](C)(C)C.C=CCN.Cl.O=C(O)c1ccccc1. The second-order valence-electron chi connectivity index (χ2n) is 6.53. The predicted molar refractivity (Wildman–Crippen MR) is 115 cm³/mol. The summed E-state index contributed by atoms with van der Waals surface area (Å²) in [5.41, 5.74) is 5.01. The molecule has 0 radical (unpaired) electrons. The molecule has 0 bridgehead atoms. The molecule has 1 amide bonds. The highest BCUT2D eigenvalue weighted by molar-refractivity contribution is 5.87. The van der Waals surface area contributed by atoms with Crippen LogP contribution in [0.2, 0.25) is 0 Å². The van der Waals surface area contributed by atoms with Crippen LogP contribution >= 0.6 is 12.4 Å². The van der Waals surface area contributed by atoms with Crippen LogP contribution in [0, 0.1) is 0 Å². The summed E-state index contributed by atoms with van der Waals surface area (Å²) in [7, 11) is 6.19. The van der Waals surface area contributed by atoms with E-state index in [4.69, 9.17) is 10.8 Å². The number of aromatic carboxylic acids is 1. The Morgan fingerprint density at radius 1 is 1.22 bits per heavy atom. The number of carbonyl (C=O) groups is 2. The molecule has 6 nitrogen and oxygen atoms in total. The number of carboxylic acids is 1. The average Bonchev–Trinajstić information content (AvgIpc) is 2.61. The summed E-state index contributed by atoms with van der Waals surface area (Å²) in [6, 6.07) is 8.30. The molecule has 0 saturated carbocycles. The third-order valence-electron chi connectivity index (χ3n) is 3.93. The summed E-state index contributed by atoms with van der Waals surface area (Å²) in [4.78, 5) is 21.4. The molecule has 27 heavy (non-hydrogen) atoms. The zero-order valence-corrected chi connectivity index (χ0v) is 17.9. The zero-order valence-electron chi connectivity index (χ0n) is 17.1. The number of halogens is 1. The summed E-state index contributed by atoms with van der Waals surface area (Å²) in [6.07, 6.45) is 3.85. The van der Waals surface area contributed by atoms with Gasteiger partial charge in [0.1, 0.15) is 0 Å². The standard InChI is InChI=1S/C10H20N2O.C7H6O2.C3H7N.ClH/c1-7-9(13)11-10(3,8-2)12(4,5)6;8-7(9)6-4-2-1-3-5-6;1-2-3-4;/h7H,1,8H2,2-6H3;1-5H,(H,8,9);2H,1,3-4H2;1H/p+1. The topological polar surface area (TPSA) is 92.4 Å². The third-order valence-corrected chi connectivity index (χ3v) is 3.93. The number of quaternary nitrogens is 1. The smallest absolute Gasteiger partial charge is 0.335 e. The Bertz CT molecular complexity index is 572. The molecule has 0 saturated heterocycles. The van der Waals surface area contributed by atoms with Crippen molar-refractivity contribution in [2.24, 2.45) is 5.73 Å². The third kappa shape index (κ3) is 12.8. The number of amides is 1. The number of hydrogen-bond donors (Lipinski definition) is 3. The van der Waals surface area contributed by atoms with Crippen LogP contribution in [0.25, 0.3) is 0 Å². The lowest BCUT2D eigenvalue weighted by Gasteiger charge is -2.43. The van der Waals surface area contributed by atoms with Gasteiger partial charge in [0.25, 0.3) is 0 Å². The van der Waals surface area contributed by atoms with E-state index in [9.17, 15) is 9.59 Å². The lowest BCUT2D eigenvalue weighted by atomic mass is 10.1. The Balaban J connectivity index is -0.000000357. The monoisotopic (exact) mass is 400 g/mol. The van der Waals surface area contributed by atoms with Crippen LogP contribution in [-0.2, 0) is 4.79 Å². The Morgan fingerprint density at radius 3 is 1.89 bits per heavy atom. The molecule has 154 valence electrons. The lowest BCUT2D eigenvalue weighted by Crippen LogP contribution is -2.64. The maximum Gasteiger partial charge on any atom is 0.335 e. The van der Waals surface area contributed by atoms with Gasteiger partial charge in [0, 0.05) is 19.9 Å². The van der Waals surface area contributed by atoms with Crippen LogP contribution < -0.4 is 11.1 Å². The number of nitrogens with zero attached hydrogens (tertiary/aromatic N) is 1. The molecule has 0 heterocycles. The van der Waals surface area contributed by atoms with Crippen molar-refractivity contribution in [2.75, 3.05) is 27.7 Å². The van der Waals surface area contributed by atoms with Gasteiger partial charge in [0.05, 0.1) is 26.7 Å². The highest BCUT2D eigenvalue weighted by atomic mass is 35.5. The fraction of sp³-hybridized carbons (Fsp3) is 0.400. The van der Waals surface area contributed by atoms with Gasteiger partial charge < -0.3 is 20.6 Å². The van der Waals surface area contributed by atoms with Crippen LogP contribution in [0.3, 0.4) is 0 Å². The predicted octanol–water partition coefficient (Wildman–Crippen LogP) is 3.06. The minimum atomic E-state index is -0.879. The molecule has 0 spiro atoms. The minimum Gasteiger partial charge on any atom is -0.478 e. The van der Waals surface area contributed by atoms with Crippen molar-refractivity contribution >= 4 is 24.3 Å². The molecule has 1 rings (SSSR count). The van der Waals surface area contributed by atoms with Crippen molar-refractivity contribution < 1.29 is 19.2 Å². The molecule has 1 atom stereocenters. The number of benzene rings is 1. The fourth-order valence-corrected chi connectivity index (χ4v) is 1.63. The number of carboxylic acid groups (broad SMARTS) is 1. The molecule has 0 aliphatic carbocycles. The summed E-state index contributed by atoms with van der Waals surface area (Å²) < 4.78 is 0.698. The Hall–Kier alpha value is -2.15. The molecule has 0 aromatic heterocycles. The first-order chi connectivity index (χ1) is 12.0. The Labute approximate surface area is 169 Å². The van der Waals surface area contributed by atoms with E-state index in [2.05, 4.69) is 46.5 Å². The van der Waals surface area contributed by atoms with Crippen molar-refractivity contribution in [1.29, 1.82) is 0 Å². The highest BCUT2D eigenvalue weighted by Crippen LogP contribution is 2.18. The second-order valence-corrected chi connectivity index (χ2v) is 6.53. The van der Waals surface area contributed by atoms with Crippen LogP contribution in [0.1, 0.15) is 30.6 Å². The first kappa shape index (κ1) is 29.6. The van der Waals surface area contributed by atoms with E-state index in [0.29, 0.717) is 16.6 Å². The molecule has 0 aliphatic rings. The number of nitrogens with two attached hydrogens (primary N) is 1. The van der Waals surface area contributed by atoms with Crippen LogP contribution in [0.4, 0.5) is 0 Å². The van der Waals surface area contributed by atoms with E-state index < -0.39 is 5.97 Å². The van der Waals surface area contributed by atoms with Crippen LogP contribution in [-0.4, -0.2) is 54.8 Å². The van der Waals surface area contributed by atoms with Crippen LogP contribution in [0.15, 0.2) is 55.6 Å². The van der Waals surface area contributed by atoms with Crippen molar-refractivity contribution in [3.8, 4) is 0 Å². The average molecular weight is 401 g/mol. The van der Waals surface area contributed by atoms with Crippen molar-refractivity contribution in [2.45, 2.75) is 25.9 Å². The maximum absolute atomic E-state index is 11.2. The summed E-state index contributed by atoms with van der Waals surface area (Å²) >= 11 is 0. The van der Waals surface area contributed by atoms with E-state index in [1.807, 2.05) is 6.92 Å². The summed E-state index contributed by atoms with van der Waals surface area (Å²) in [6.45, 7) is 11.5. The minimum absolute atomic E-state index is 0. The van der Waals surface area contributed by atoms with Gasteiger partial charge >= 0.3 is 5.97 Å². The molecular weight excluding hydrogens is 366 g/mol. The van der Waals surface area contributed by atoms with Gasteiger partial charge in [-0.3, -0.25) is 4.79 Å². The maximum atomic E-state index is 11.2. The largest absolute Gasteiger partial charge is 0.478 e. The van der Waals surface area contributed by atoms with Crippen LogP contribution in [0.5, 0.6) is 0 Å². The van der Waals surface area contributed by atoms with E-state index in [-0.39, 0.29) is 24.0 Å². The van der Waals surface area contributed by atoms with Gasteiger partial charge in [-0.15, -0.1) is 19.0 Å². The first-order valence-electron chi connectivity index (χ1n) is 8.34. The van der Waals surface area contributed by atoms with Crippen molar-refractivity contribution in [3.05, 3.63) is 61.2 Å².